The van der Waals surface area contributed by atoms with E-state index in [1.807, 2.05) is 6.07 Å². The summed E-state index contributed by atoms with van der Waals surface area (Å²) in [4.78, 5) is 0.100. The first-order valence-corrected chi connectivity index (χ1v) is 8.72. The number of anilines is 1. The molecule has 2 heterocycles. The number of sulfonamides is 1. The van der Waals surface area contributed by atoms with Gasteiger partial charge in [-0.2, -0.15) is 10.4 Å². The third-order valence-electron chi connectivity index (χ3n) is 3.59. The van der Waals surface area contributed by atoms with E-state index < -0.39 is 10.0 Å². The highest BCUT2D eigenvalue weighted by Gasteiger charge is 2.18. The molecule has 0 radical (unpaired) electrons. The summed E-state index contributed by atoms with van der Waals surface area (Å²) in [6, 6.07) is 7.69. The molecule has 3 rings (SSSR count). The number of benzene rings is 1. The Morgan fingerprint density at radius 1 is 1.39 bits per heavy atom. The van der Waals surface area contributed by atoms with Crippen molar-refractivity contribution in [3.8, 4) is 6.07 Å². The zero-order chi connectivity index (χ0) is 16.3. The second-order valence-electron chi connectivity index (χ2n) is 5.33. The number of ether oxygens (including phenoxy) is 1. The molecule has 1 atom stereocenters. The van der Waals surface area contributed by atoms with Crippen molar-refractivity contribution in [2.24, 2.45) is 0 Å². The van der Waals surface area contributed by atoms with E-state index in [2.05, 4.69) is 9.82 Å². The van der Waals surface area contributed by atoms with Crippen molar-refractivity contribution in [3.63, 3.8) is 0 Å². The Bertz CT molecular complexity index is 815. The normalized spacial score (nSPS) is 17.8. The van der Waals surface area contributed by atoms with Crippen LogP contribution >= 0.6 is 0 Å². The molecule has 120 valence electrons. The van der Waals surface area contributed by atoms with Crippen LogP contribution in [0, 0.1) is 11.3 Å². The monoisotopic (exact) mass is 332 g/mol. The van der Waals surface area contributed by atoms with Gasteiger partial charge in [-0.15, -0.1) is 0 Å². The lowest BCUT2D eigenvalue weighted by Gasteiger charge is -2.08. The molecule has 7 nitrogen and oxygen atoms in total. The van der Waals surface area contributed by atoms with E-state index in [9.17, 15) is 8.42 Å². The second kappa shape index (κ2) is 6.40. The van der Waals surface area contributed by atoms with Crippen molar-refractivity contribution in [1.82, 2.24) is 9.78 Å². The molecule has 1 aliphatic rings. The highest BCUT2D eigenvalue weighted by atomic mass is 32.2. The van der Waals surface area contributed by atoms with Crippen LogP contribution in [0.3, 0.4) is 0 Å². The molecule has 0 saturated carbocycles. The molecule has 0 unspecified atom stereocenters. The van der Waals surface area contributed by atoms with Gasteiger partial charge in [-0.25, -0.2) is 8.42 Å². The summed E-state index contributed by atoms with van der Waals surface area (Å²) in [5.74, 6) is 0. The molecule has 1 fully saturated rings. The maximum absolute atomic E-state index is 12.3. The molecule has 1 N–H and O–H groups in total. The van der Waals surface area contributed by atoms with E-state index in [1.54, 1.807) is 10.9 Å². The highest BCUT2D eigenvalue weighted by Crippen LogP contribution is 2.18. The molecule has 1 aromatic heterocycles. The molecule has 1 aliphatic heterocycles. The number of hydrogen-bond donors (Lipinski definition) is 1. The van der Waals surface area contributed by atoms with Gasteiger partial charge in [0.25, 0.3) is 10.0 Å². The molecule has 8 heteroatoms. The van der Waals surface area contributed by atoms with Crippen molar-refractivity contribution in [3.05, 3.63) is 42.2 Å². The van der Waals surface area contributed by atoms with Gasteiger partial charge in [0.2, 0.25) is 0 Å². The fourth-order valence-corrected chi connectivity index (χ4v) is 3.46. The van der Waals surface area contributed by atoms with Gasteiger partial charge >= 0.3 is 0 Å². The number of hydrogen-bond acceptors (Lipinski definition) is 5. The van der Waals surface area contributed by atoms with Crippen LogP contribution in [-0.2, 0) is 21.3 Å². The first-order valence-electron chi connectivity index (χ1n) is 7.24. The van der Waals surface area contributed by atoms with Crippen LogP contribution in [0.15, 0.2) is 41.6 Å². The predicted molar refractivity (Wildman–Crippen MR) is 83.2 cm³/mol. The number of nitrogens with zero attached hydrogens (tertiary/aromatic N) is 3. The van der Waals surface area contributed by atoms with Gasteiger partial charge in [-0.1, -0.05) is 0 Å². The molecule has 0 spiro atoms. The van der Waals surface area contributed by atoms with E-state index >= 15 is 0 Å². The fraction of sp³-hybridized carbons (Fsp3) is 0.333. The summed E-state index contributed by atoms with van der Waals surface area (Å²) in [6.07, 6.45) is 5.29. The quantitative estimate of drug-likeness (QED) is 0.899. The topological polar surface area (TPSA) is 97.0 Å². The van der Waals surface area contributed by atoms with Gasteiger partial charge in [-0.05, 0) is 37.1 Å². The van der Waals surface area contributed by atoms with E-state index in [0.29, 0.717) is 17.8 Å². The molecule has 2 aromatic rings. The Hall–Kier alpha value is -2.37. The van der Waals surface area contributed by atoms with Gasteiger partial charge in [0.1, 0.15) is 0 Å². The number of nitrogens with one attached hydrogen (secondary N) is 1. The molecule has 1 saturated heterocycles. The summed E-state index contributed by atoms with van der Waals surface area (Å²) < 4.78 is 34.3. The number of rotatable bonds is 5. The Labute approximate surface area is 134 Å². The van der Waals surface area contributed by atoms with Gasteiger partial charge in [0.15, 0.2) is 0 Å². The van der Waals surface area contributed by atoms with E-state index in [0.717, 1.165) is 19.4 Å². The van der Waals surface area contributed by atoms with Crippen LogP contribution in [-0.4, -0.2) is 30.9 Å². The van der Waals surface area contributed by atoms with Crippen molar-refractivity contribution >= 4 is 15.7 Å². The average Bonchev–Trinajstić information content (AvgIpc) is 3.20. The summed E-state index contributed by atoms with van der Waals surface area (Å²) in [5.41, 5.74) is 0.806. The molecule has 0 bridgehead atoms. The third kappa shape index (κ3) is 3.70. The zero-order valence-electron chi connectivity index (χ0n) is 12.3. The van der Waals surface area contributed by atoms with E-state index in [-0.39, 0.29) is 11.0 Å². The summed E-state index contributed by atoms with van der Waals surface area (Å²) >= 11 is 0. The van der Waals surface area contributed by atoms with Crippen molar-refractivity contribution in [1.29, 1.82) is 5.26 Å². The van der Waals surface area contributed by atoms with Crippen LogP contribution in [0.25, 0.3) is 0 Å². The molecular weight excluding hydrogens is 316 g/mol. The van der Waals surface area contributed by atoms with E-state index in [1.165, 1.54) is 30.5 Å². The lowest BCUT2D eigenvalue weighted by Crippen LogP contribution is -2.15. The average molecular weight is 332 g/mol. The fourth-order valence-electron chi connectivity index (χ4n) is 2.44. The molecule has 23 heavy (non-hydrogen) atoms. The highest BCUT2D eigenvalue weighted by molar-refractivity contribution is 7.92. The molecule has 0 amide bonds. The minimum absolute atomic E-state index is 0.100. The van der Waals surface area contributed by atoms with Crippen LogP contribution in [0.4, 0.5) is 5.69 Å². The first kappa shape index (κ1) is 15.5. The Balaban J connectivity index is 1.70. The Morgan fingerprint density at radius 3 is 2.83 bits per heavy atom. The Morgan fingerprint density at radius 2 is 2.17 bits per heavy atom. The van der Waals surface area contributed by atoms with Crippen molar-refractivity contribution in [2.75, 3.05) is 11.3 Å². The molecule has 1 aromatic carbocycles. The van der Waals surface area contributed by atoms with Crippen LogP contribution in [0.2, 0.25) is 0 Å². The van der Waals surface area contributed by atoms with Gasteiger partial charge in [-0.3, -0.25) is 9.40 Å². The van der Waals surface area contributed by atoms with E-state index in [4.69, 9.17) is 10.00 Å². The minimum Gasteiger partial charge on any atom is -0.376 e. The maximum Gasteiger partial charge on any atom is 0.261 e. The second-order valence-corrected chi connectivity index (χ2v) is 7.01. The van der Waals surface area contributed by atoms with Crippen LogP contribution in [0.1, 0.15) is 18.4 Å². The lowest BCUT2D eigenvalue weighted by atomic mass is 10.2. The summed E-state index contributed by atoms with van der Waals surface area (Å²) in [6.45, 7) is 1.38. The molecular formula is C15H16N4O3S. The minimum atomic E-state index is -3.70. The smallest absolute Gasteiger partial charge is 0.261 e. The van der Waals surface area contributed by atoms with Crippen LogP contribution < -0.4 is 4.72 Å². The number of nitriles is 1. The summed E-state index contributed by atoms with van der Waals surface area (Å²) in [5, 5.41) is 12.9. The largest absolute Gasteiger partial charge is 0.376 e. The van der Waals surface area contributed by atoms with Gasteiger partial charge < -0.3 is 4.74 Å². The van der Waals surface area contributed by atoms with Crippen molar-refractivity contribution < 1.29 is 13.2 Å². The van der Waals surface area contributed by atoms with Crippen LogP contribution in [0.5, 0.6) is 0 Å². The van der Waals surface area contributed by atoms with Gasteiger partial charge in [0.05, 0.1) is 41.1 Å². The first-order chi connectivity index (χ1) is 11.1. The maximum atomic E-state index is 12.3. The number of aromatic nitrogens is 2. The summed E-state index contributed by atoms with van der Waals surface area (Å²) in [7, 11) is -3.70. The zero-order valence-corrected chi connectivity index (χ0v) is 13.2. The Kier molecular flexibility index (Phi) is 4.32. The standard InChI is InChI=1S/C15H16N4O3S/c16-8-12-3-5-15(6-4-12)23(20,21)18-13-9-17-19(10-13)11-14-2-1-7-22-14/h3-6,9-10,14,18H,1-2,7,11H2/t14-/m0/s1. The third-order valence-corrected chi connectivity index (χ3v) is 4.99. The van der Waals surface area contributed by atoms with Crippen molar-refractivity contribution in [2.45, 2.75) is 30.4 Å². The van der Waals surface area contributed by atoms with Gasteiger partial charge in [0, 0.05) is 12.8 Å². The predicted octanol–water partition coefficient (Wildman–Crippen LogP) is 1.73. The SMILES string of the molecule is N#Cc1ccc(S(=O)(=O)Nc2cnn(C[C@@H]3CCCO3)c2)cc1. The molecule has 0 aliphatic carbocycles. The lowest BCUT2D eigenvalue weighted by molar-refractivity contribution is 0.0940.